The van der Waals surface area contributed by atoms with Crippen LogP contribution in [0.25, 0.3) is 0 Å². The van der Waals surface area contributed by atoms with Crippen LogP contribution in [0.3, 0.4) is 0 Å². The molecule has 2 aliphatic rings. The largest absolute Gasteiger partial charge is 0.373 e. The lowest BCUT2D eigenvalue weighted by Gasteiger charge is -2.32. The first-order valence-electron chi connectivity index (χ1n) is 8.18. The van der Waals surface area contributed by atoms with E-state index in [2.05, 4.69) is 0 Å². The molecule has 3 rings (SSSR count). The molecule has 0 N–H and O–H groups in total. The van der Waals surface area contributed by atoms with Crippen LogP contribution in [0.1, 0.15) is 12.0 Å². The summed E-state index contributed by atoms with van der Waals surface area (Å²) in [5.41, 5.74) is 2.20. The molecule has 0 unspecified atom stereocenters. The summed E-state index contributed by atoms with van der Waals surface area (Å²) in [6.45, 7) is 3.12. The topological polar surface area (TPSA) is 67.6 Å². The molecule has 2 aliphatic heterocycles. The number of anilines is 1. The molecule has 124 valence electrons. The number of rotatable bonds is 3. The Balaban J connectivity index is 1.77. The van der Waals surface area contributed by atoms with Gasteiger partial charge in [-0.05, 0) is 24.5 Å². The van der Waals surface area contributed by atoms with Gasteiger partial charge in [-0.25, -0.2) is 0 Å². The molecule has 0 bridgehead atoms. The Hall–Kier alpha value is -2.81. The van der Waals surface area contributed by atoms with Crippen molar-refractivity contribution in [2.45, 2.75) is 12.8 Å². The third kappa shape index (κ3) is 3.25. The fourth-order valence-corrected chi connectivity index (χ4v) is 3.18. The molecule has 2 heterocycles. The maximum absolute atomic E-state index is 12.8. The van der Waals surface area contributed by atoms with Crippen molar-refractivity contribution in [2.24, 2.45) is 0 Å². The third-order valence-electron chi connectivity index (χ3n) is 4.52. The molecular weight excluding hydrogens is 304 g/mol. The van der Waals surface area contributed by atoms with Crippen molar-refractivity contribution in [3.8, 4) is 6.07 Å². The fraction of sp³-hybridized carbons (Fsp3) is 0.389. The minimum atomic E-state index is -0.248. The van der Waals surface area contributed by atoms with Gasteiger partial charge in [0.25, 0.3) is 5.91 Å². The molecule has 1 fully saturated rings. The zero-order valence-electron chi connectivity index (χ0n) is 13.5. The Morgan fingerprint density at radius 3 is 2.50 bits per heavy atom. The maximum Gasteiger partial charge on any atom is 0.270 e. The van der Waals surface area contributed by atoms with Crippen LogP contribution >= 0.6 is 0 Å². The van der Waals surface area contributed by atoms with Crippen LogP contribution in [0.4, 0.5) is 5.69 Å². The molecule has 2 amide bonds. The van der Waals surface area contributed by atoms with Crippen LogP contribution in [-0.2, 0) is 16.0 Å². The molecule has 0 radical (unpaired) electrons. The number of carbonyl (C=O) groups is 2. The summed E-state index contributed by atoms with van der Waals surface area (Å²) in [5.74, 6) is -0.248. The van der Waals surface area contributed by atoms with E-state index in [1.54, 1.807) is 16.0 Å². The van der Waals surface area contributed by atoms with Crippen molar-refractivity contribution in [3.63, 3.8) is 0 Å². The lowest BCUT2D eigenvalue weighted by Crippen LogP contribution is -2.44. The second kappa shape index (κ2) is 7.18. The molecule has 1 aromatic carbocycles. The van der Waals surface area contributed by atoms with Crippen LogP contribution in [0.15, 0.2) is 36.0 Å². The monoisotopic (exact) mass is 324 g/mol. The Labute approximate surface area is 141 Å². The predicted octanol–water partition coefficient (Wildman–Crippen LogP) is 1.15. The quantitative estimate of drug-likeness (QED) is 0.475. The Kier molecular flexibility index (Phi) is 4.80. The highest BCUT2D eigenvalue weighted by molar-refractivity contribution is 6.08. The molecule has 1 aromatic rings. The second-order valence-electron chi connectivity index (χ2n) is 6.02. The third-order valence-corrected chi connectivity index (χ3v) is 4.52. The second-order valence-corrected chi connectivity index (χ2v) is 6.02. The SMILES string of the molecule is N#C/C(=C/N1CCN(C=O)CC1)C(=O)N1CCCc2ccccc21. The number of benzene rings is 1. The first-order valence-corrected chi connectivity index (χ1v) is 8.18. The number of aryl methyl sites for hydroxylation is 1. The maximum atomic E-state index is 12.8. The number of para-hydroxylation sites is 1. The van der Waals surface area contributed by atoms with Crippen LogP contribution in [-0.4, -0.2) is 54.8 Å². The average molecular weight is 324 g/mol. The zero-order chi connectivity index (χ0) is 16.9. The van der Waals surface area contributed by atoms with Gasteiger partial charge in [-0.3, -0.25) is 9.59 Å². The summed E-state index contributed by atoms with van der Waals surface area (Å²) in [7, 11) is 0. The van der Waals surface area contributed by atoms with E-state index in [1.807, 2.05) is 35.2 Å². The zero-order valence-corrected chi connectivity index (χ0v) is 13.5. The van der Waals surface area contributed by atoms with Crippen LogP contribution in [0, 0.1) is 11.3 Å². The fourth-order valence-electron chi connectivity index (χ4n) is 3.18. The number of hydrogen-bond acceptors (Lipinski definition) is 4. The van der Waals surface area contributed by atoms with E-state index in [4.69, 9.17) is 0 Å². The summed E-state index contributed by atoms with van der Waals surface area (Å²) in [6.07, 6.45) is 4.34. The molecule has 1 saturated heterocycles. The molecular formula is C18H20N4O2. The van der Waals surface area contributed by atoms with Gasteiger partial charge in [-0.2, -0.15) is 5.26 Å². The predicted molar refractivity (Wildman–Crippen MR) is 90.0 cm³/mol. The Bertz CT molecular complexity index is 699. The van der Waals surface area contributed by atoms with E-state index >= 15 is 0 Å². The summed E-state index contributed by atoms with van der Waals surface area (Å²) in [4.78, 5) is 28.9. The van der Waals surface area contributed by atoms with Gasteiger partial charge in [-0.15, -0.1) is 0 Å². The van der Waals surface area contributed by atoms with Crippen molar-refractivity contribution >= 4 is 18.0 Å². The number of piperazine rings is 1. The van der Waals surface area contributed by atoms with Crippen LogP contribution < -0.4 is 4.90 Å². The minimum absolute atomic E-state index is 0.145. The number of nitriles is 1. The van der Waals surface area contributed by atoms with Crippen molar-refractivity contribution in [1.29, 1.82) is 5.26 Å². The number of carbonyl (C=O) groups excluding carboxylic acids is 2. The first kappa shape index (κ1) is 16.1. The van der Waals surface area contributed by atoms with E-state index in [-0.39, 0.29) is 11.5 Å². The van der Waals surface area contributed by atoms with E-state index in [9.17, 15) is 14.9 Å². The van der Waals surface area contributed by atoms with Gasteiger partial charge in [0.15, 0.2) is 0 Å². The van der Waals surface area contributed by atoms with E-state index < -0.39 is 0 Å². The summed E-state index contributed by atoms with van der Waals surface area (Å²) in [6, 6.07) is 9.90. The van der Waals surface area contributed by atoms with Gasteiger partial charge in [0.2, 0.25) is 6.41 Å². The van der Waals surface area contributed by atoms with Gasteiger partial charge in [-0.1, -0.05) is 18.2 Å². The van der Waals surface area contributed by atoms with Crippen molar-refractivity contribution in [1.82, 2.24) is 9.80 Å². The van der Waals surface area contributed by atoms with Gasteiger partial charge >= 0.3 is 0 Å². The first-order chi connectivity index (χ1) is 11.7. The van der Waals surface area contributed by atoms with Crippen molar-refractivity contribution in [2.75, 3.05) is 37.6 Å². The highest BCUT2D eigenvalue weighted by Crippen LogP contribution is 2.27. The lowest BCUT2D eigenvalue weighted by atomic mass is 10.0. The molecule has 0 aromatic heterocycles. The van der Waals surface area contributed by atoms with E-state index in [1.165, 1.54) is 0 Å². The summed E-state index contributed by atoms with van der Waals surface area (Å²) in [5, 5.41) is 9.44. The highest BCUT2D eigenvalue weighted by atomic mass is 16.2. The Morgan fingerprint density at radius 1 is 1.08 bits per heavy atom. The summed E-state index contributed by atoms with van der Waals surface area (Å²) >= 11 is 0. The lowest BCUT2D eigenvalue weighted by molar-refractivity contribution is -0.119. The molecule has 0 spiro atoms. The van der Waals surface area contributed by atoms with Gasteiger partial charge in [0.05, 0.1) is 0 Å². The average Bonchev–Trinajstić information content (AvgIpc) is 2.65. The molecule has 24 heavy (non-hydrogen) atoms. The number of amides is 2. The van der Waals surface area contributed by atoms with E-state index in [0.717, 1.165) is 30.5 Å². The summed E-state index contributed by atoms with van der Waals surface area (Å²) < 4.78 is 0. The van der Waals surface area contributed by atoms with Crippen LogP contribution in [0.2, 0.25) is 0 Å². The molecule has 0 saturated carbocycles. The normalized spacial score (nSPS) is 18.0. The van der Waals surface area contributed by atoms with Crippen molar-refractivity contribution in [3.05, 3.63) is 41.6 Å². The highest BCUT2D eigenvalue weighted by Gasteiger charge is 2.25. The standard InChI is InChI=1S/C18H20N4O2/c19-12-16(13-20-8-10-21(14-23)11-9-20)18(24)22-7-3-5-15-4-1-2-6-17(15)22/h1-2,4,6,13-14H,3,5,7-11H2/b16-13-. The number of fused-ring (bicyclic) bond motifs is 1. The molecule has 0 aliphatic carbocycles. The van der Waals surface area contributed by atoms with Crippen LogP contribution in [0.5, 0.6) is 0 Å². The Morgan fingerprint density at radius 2 is 1.79 bits per heavy atom. The number of hydrogen-bond donors (Lipinski definition) is 0. The molecule has 6 heteroatoms. The smallest absolute Gasteiger partial charge is 0.270 e. The molecule has 6 nitrogen and oxygen atoms in total. The minimum Gasteiger partial charge on any atom is -0.373 e. The van der Waals surface area contributed by atoms with E-state index in [0.29, 0.717) is 32.7 Å². The van der Waals surface area contributed by atoms with Gasteiger partial charge in [0, 0.05) is 44.6 Å². The van der Waals surface area contributed by atoms with Crippen molar-refractivity contribution < 1.29 is 9.59 Å². The number of nitrogens with zero attached hydrogens (tertiary/aromatic N) is 4. The van der Waals surface area contributed by atoms with Gasteiger partial charge < -0.3 is 14.7 Å². The molecule has 0 atom stereocenters. The van der Waals surface area contributed by atoms with Gasteiger partial charge in [0.1, 0.15) is 11.6 Å².